The van der Waals surface area contributed by atoms with Gasteiger partial charge in [-0.3, -0.25) is 37.3 Å². The summed E-state index contributed by atoms with van der Waals surface area (Å²) in [5, 5.41) is 10.6. The van der Waals surface area contributed by atoms with Gasteiger partial charge in [-0.1, -0.05) is 286 Å². The summed E-state index contributed by atoms with van der Waals surface area (Å²) in [5.41, 5.74) is 0. The summed E-state index contributed by atoms with van der Waals surface area (Å²) in [6, 6.07) is 0. The Bertz CT molecular complexity index is 1720. The number of hydrogen-bond donors (Lipinski definition) is 3. The van der Waals surface area contributed by atoms with Crippen molar-refractivity contribution in [3.63, 3.8) is 0 Å². The second kappa shape index (κ2) is 59.1. The van der Waals surface area contributed by atoms with Crippen molar-refractivity contribution in [3.8, 4) is 0 Å². The minimum absolute atomic E-state index is 0.105. The molecule has 87 heavy (non-hydrogen) atoms. The van der Waals surface area contributed by atoms with Crippen LogP contribution in [0.15, 0.2) is 0 Å². The van der Waals surface area contributed by atoms with Crippen molar-refractivity contribution in [2.45, 2.75) is 356 Å². The van der Waals surface area contributed by atoms with E-state index in [-0.39, 0.29) is 25.7 Å². The lowest BCUT2D eigenvalue weighted by Gasteiger charge is -2.21. The van der Waals surface area contributed by atoms with Crippen LogP contribution in [0.4, 0.5) is 0 Å². The second-order valence-corrected chi connectivity index (χ2v) is 28.7. The Labute approximate surface area is 530 Å². The van der Waals surface area contributed by atoms with Crippen LogP contribution in [0.2, 0.25) is 0 Å². The minimum atomic E-state index is -4.95. The third-order valence-electron chi connectivity index (χ3n) is 16.0. The zero-order valence-corrected chi connectivity index (χ0v) is 58.3. The number of unbranched alkanes of at least 4 members (excludes halogenated alkanes) is 33. The van der Waals surface area contributed by atoms with E-state index in [0.29, 0.717) is 25.7 Å². The Morgan fingerprint density at radius 2 is 0.586 bits per heavy atom. The second-order valence-electron chi connectivity index (χ2n) is 25.8. The third kappa shape index (κ3) is 61.3. The number of aliphatic hydroxyl groups excluding tert-OH is 1. The fourth-order valence-electron chi connectivity index (χ4n) is 10.2. The molecule has 0 saturated heterocycles. The van der Waals surface area contributed by atoms with Gasteiger partial charge in [0, 0.05) is 25.7 Å². The highest BCUT2D eigenvalue weighted by Gasteiger charge is 2.30. The molecule has 19 heteroatoms. The molecule has 0 aliphatic rings. The number of phosphoric ester groups is 2. The standard InChI is InChI=1S/C68H132O17P2/c1-8-10-11-12-13-14-15-16-22-28-37-44-51-67(72)85-64(56-79-66(71)50-43-36-31-30-34-41-48-61(7)9-2)58-83-87(76,77)81-54-62(69)53-80-86(74,75)82-57-63(55-78-65(70)49-42-35-27-24-19-21-26-33-40-47-60(5)6)84-68(73)52-45-38-29-23-18-17-20-25-32-39-46-59(3)4/h59-64,69H,8-58H2,1-7H3,(H,74,75)(H,76,77)/t61?,62-,63-,64-/m1/s1. The number of esters is 4. The minimum Gasteiger partial charge on any atom is -0.462 e. The molecule has 516 valence electrons. The number of carbonyl (C=O) groups excluding carboxylic acids is 4. The molecule has 17 nitrogen and oxygen atoms in total. The Morgan fingerprint density at radius 3 is 0.874 bits per heavy atom. The van der Waals surface area contributed by atoms with Gasteiger partial charge in [0.05, 0.1) is 26.4 Å². The molecule has 0 radical (unpaired) electrons. The number of carbonyl (C=O) groups is 4. The van der Waals surface area contributed by atoms with Crippen LogP contribution in [0.5, 0.6) is 0 Å². The molecule has 0 aromatic heterocycles. The summed E-state index contributed by atoms with van der Waals surface area (Å²) in [5.74, 6) is 0.0975. The molecule has 0 heterocycles. The van der Waals surface area contributed by atoms with Crippen LogP contribution in [0.25, 0.3) is 0 Å². The van der Waals surface area contributed by atoms with E-state index in [9.17, 15) is 43.2 Å². The van der Waals surface area contributed by atoms with Crippen LogP contribution >= 0.6 is 15.6 Å². The highest BCUT2D eigenvalue weighted by molar-refractivity contribution is 7.47. The molecule has 0 amide bonds. The van der Waals surface area contributed by atoms with Crippen LogP contribution in [-0.4, -0.2) is 96.7 Å². The first-order valence-corrected chi connectivity index (χ1v) is 38.4. The van der Waals surface area contributed by atoms with E-state index in [1.807, 2.05) is 0 Å². The topological polar surface area (TPSA) is 237 Å². The Kier molecular flexibility index (Phi) is 57.8. The molecule has 3 unspecified atom stereocenters. The highest BCUT2D eigenvalue weighted by Crippen LogP contribution is 2.45. The van der Waals surface area contributed by atoms with E-state index in [2.05, 4.69) is 48.5 Å². The SMILES string of the molecule is CCCCCCCCCCCCCCC(=O)O[C@H](COC(=O)CCCCCCCCC(C)CC)COP(=O)(O)OC[C@H](O)COP(=O)(O)OC[C@@H](COC(=O)CCCCCCCCCCCC(C)C)OC(=O)CCCCCCCCCCCCC(C)C. The summed E-state index contributed by atoms with van der Waals surface area (Å²) in [6.45, 7) is 11.8. The maximum Gasteiger partial charge on any atom is 0.472 e. The highest BCUT2D eigenvalue weighted by atomic mass is 31.2. The van der Waals surface area contributed by atoms with Gasteiger partial charge in [-0.2, -0.15) is 0 Å². The van der Waals surface area contributed by atoms with Crippen molar-refractivity contribution in [2.75, 3.05) is 39.6 Å². The van der Waals surface area contributed by atoms with Gasteiger partial charge in [-0.15, -0.1) is 0 Å². The molecule has 0 aromatic carbocycles. The van der Waals surface area contributed by atoms with Crippen molar-refractivity contribution in [1.29, 1.82) is 0 Å². The van der Waals surface area contributed by atoms with E-state index in [1.165, 1.54) is 141 Å². The zero-order chi connectivity index (χ0) is 64.5. The summed E-state index contributed by atoms with van der Waals surface area (Å²) in [7, 11) is -9.90. The molecule has 3 N–H and O–H groups in total. The molecule has 0 aliphatic heterocycles. The molecule has 6 atom stereocenters. The lowest BCUT2D eigenvalue weighted by Crippen LogP contribution is -2.30. The van der Waals surface area contributed by atoms with E-state index in [4.69, 9.17) is 37.0 Å². The summed E-state index contributed by atoms with van der Waals surface area (Å²) in [4.78, 5) is 72.4. The molecule has 0 bridgehead atoms. The van der Waals surface area contributed by atoms with Crippen molar-refractivity contribution in [1.82, 2.24) is 0 Å². The molecule has 0 saturated carbocycles. The Morgan fingerprint density at radius 1 is 0.333 bits per heavy atom. The van der Waals surface area contributed by atoms with Crippen molar-refractivity contribution < 1.29 is 80.2 Å². The lowest BCUT2D eigenvalue weighted by atomic mass is 10.00. The first-order chi connectivity index (χ1) is 41.8. The smallest absolute Gasteiger partial charge is 0.462 e. The fourth-order valence-corrected chi connectivity index (χ4v) is 11.7. The van der Waals surface area contributed by atoms with Crippen LogP contribution in [0.1, 0.15) is 337 Å². The van der Waals surface area contributed by atoms with Gasteiger partial charge in [0.25, 0.3) is 0 Å². The van der Waals surface area contributed by atoms with Crippen molar-refractivity contribution in [2.24, 2.45) is 17.8 Å². The third-order valence-corrected chi connectivity index (χ3v) is 17.9. The number of hydrogen-bond acceptors (Lipinski definition) is 15. The zero-order valence-electron chi connectivity index (χ0n) is 56.5. The van der Waals surface area contributed by atoms with E-state index >= 15 is 0 Å². The van der Waals surface area contributed by atoms with Crippen LogP contribution in [0.3, 0.4) is 0 Å². The van der Waals surface area contributed by atoms with Crippen LogP contribution in [0, 0.1) is 17.8 Å². The average Bonchev–Trinajstić information content (AvgIpc) is 3.52. The molecule has 0 fully saturated rings. The molecule has 0 aromatic rings. The molecular formula is C68H132O17P2. The first-order valence-electron chi connectivity index (χ1n) is 35.4. The van der Waals surface area contributed by atoms with Gasteiger partial charge in [0.2, 0.25) is 0 Å². The maximum absolute atomic E-state index is 13.0. The quantitative estimate of drug-likeness (QED) is 0.0222. The molecular weight excluding hydrogens is 1150 g/mol. The van der Waals surface area contributed by atoms with Crippen molar-refractivity contribution >= 4 is 39.5 Å². The number of rotatable bonds is 66. The Balaban J connectivity index is 5.26. The predicted octanol–water partition coefficient (Wildman–Crippen LogP) is 19.1. The van der Waals surface area contributed by atoms with E-state index in [1.54, 1.807) is 0 Å². The fraction of sp³-hybridized carbons (Fsp3) is 0.941. The number of aliphatic hydroxyl groups is 1. The largest absolute Gasteiger partial charge is 0.472 e. The van der Waals surface area contributed by atoms with Crippen LogP contribution in [-0.2, 0) is 65.4 Å². The van der Waals surface area contributed by atoms with Crippen molar-refractivity contribution in [3.05, 3.63) is 0 Å². The lowest BCUT2D eigenvalue weighted by molar-refractivity contribution is -0.161. The molecule has 0 aliphatic carbocycles. The van der Waals surface area contributed by atoms with Gasteiger partial charge >= 0.3 is 39.5 Å². The molecule has 0 rings (SSSR count). The number of ether oxygens (including phenoxy) is 4. The van der Waals surface area contributed by atoms with Crippen LogP contribution < -0.4 is 0 Å². The van der Waals surface area contributed by atoms with E-state index in [0.717, 1.165) is 114 Å². The Hall–Kier alpha value is -1.94. The van der Waals surface area contributed by atoms with Gasteiger partial charge in [0.1, 0.15) is 19.3 Å². The van der Waals surface area contributed by atoms with E-state index < -0.39 is 97.5 Å². The first kappa shape index (κ1) is 85.1. The predicted molar refractivity (Wildman–Crippen MR) is 349 cm³/mol. The van der Waals surface area contributed by atoms with Gasteiger partial charge < -0.3 is 33.8 Å². The maximum atomic E-state index is 13.0. The van der Waals surface area contributed by atoms with Gasteiger partial charge in [-0.05, 0) is 43.4 Å². The van der Waals surface area contributed by atoms with Gasteiger partial charge in [-0.25, -0.2) is 9.13 Å². The normalized spacial score (nSPS) is 14.6. The summed E-state index contributed by atoms with van der Waals surface area (Å²) < 4.78 is 68.2. The monoisotopic (exact) mass is 1280 g/mol. The van der Waals surface area contributed by atoms with Gasteiger partial charge in [0.15, 0.2) is 12.2 Å². The molecule has 0 spiro atoms. The number of phosphoric acid groups is 2. The average molecular weight is 1280 g/mol. The summed E-state index contributed by atoms with van der Waals surface area (Å²) >= 11 is 0. The summed E-state index contributed by atoms with van der Waals surface area (Å²) in [6.07, 6.45) is 41.6.